The van der Waals surface area contributed by atoms with E-state index in [4.69, 9.17) is 11.6 Å². The minimum absolute atomic E-state index is 0.220. The molecule has 1 atom stereocenters. The molecule has 3 heteroatoms. The van der Waals surface area contributed by atoms with Gasteiger partial charge in [-0.05, 0) is 46.0 Å². The van der Waals surface area contributed by atoms with E-state index in [-0.39, 0.29) is 5.82 Å². The highest BCUT2D eigenvalue weighted by molar-refractivity contribution is 9.10. The first-order chi connectivity index (χ1) is 6.13. The molecule has 0 bridgehead atoms. The van der Waals surface area contributed by atoms with Gasteiger partial charge in [-0.15, -0.1) is 11.6 Å². The fraction of sp³-hybridized carbons (Fsp3) is 0.400. The van der Waals surface area contributed by atoms with Crippen molar-refractivity contribution < 1.29 is 4.39 Å². The fourth-order valence-corrected chi connectivity index (χ4v) is 1.66. The van der Waals surface area contributed by atoms with E-state index < -0.39 is 0 Å². The highest BCUT2D eigenvalue weighted by Crippen LogP contribution is 2.19. The van der Waals surface area contributed by atoms with Gasteiger partial charge in [0.25, 0.3) is 0 Å². The van der Waals surface area contributed by atoms with Gasteiger partial charge in [-0.1, -0.05) is 13.0 Å². The van der Waals surface area contributed by atoms with Crippen LogP contribution in [0.2, 0.25) is 0 Å². The molecule has 1 rings (SSSR count). The van der Waals surface area contributed by atoms with E-state index in [0.29, 0.717) is 16.3 Å². The summed E-state index contributed by atoms with van der Waals surface area (Å²) in [6.07, 6.45) is 0.891. The summed E-state index contributed by atoms with van der Waals surface area (Å²) in [4.78, 5) is 0. The first-order valence-electron chi connectivity index (χ1n) is 4.13. The summed E-state index contributed by atoms with van der Waals surface area (Å²) in [5.74, 6) is 0.843. The number of alkyl halides is 1. The Hall–Kier alpha value is -0.0800. The predicted octanol–water partition coefficient (Wildman–Crippen LogP) is 4.01. The van der Waals surface area contributed by atoms with Crippen LogP contribution in [0.1, 0.15) is 12.5 Å². The van der Waals surface area contributed by atoms with E-state index in [1.807, 2.05) is 0 Å². The van der Waals surface area contributed by atoms with Crippen LogP contribution in [0.15, 0.2) is 22.7 Å². The van der Waals surface area contributed by atoms with Gasteiger partial charge in [0.2, 0.25) is 0 Å². The first kappa shape index (κ1) is 11.0. The molecule has 0 aromatic heterocycles. The Morgan fingerprint density at radius 1 is 1.54 bits per heavy atom. The van der Waals surface area contributed by atoms with Crippen molar-refractivity contribution in [2.75, 3.05) is 5.88 Å². The third-order valence-corrected chi connectivity index (χ3v) is 2.97. The lowest BCUT2D eigenvalue weighted by Gasteiger charge is -2.07. The summed E-state index contributed by atoms with van der Waals surface area (Å²) in [6, 6.07) is 5.07. The third kappa shape index (κ3) is 3.28. The molecule has 0 amide bonds. The van der Waals surface area contributed by atoms with Gasteiger partial charge in [-0.2, -0.15) is 0 Å². The van der Waals surface area contributed by atoms with Crippen molar-refractivity contribution in [3.8, 4) is 0 Å². The molecule has 0 nitrogen and oxygen atoms in total. The maximum Gasteiger partial charge on any atom is 0.137 e. The van der Waals surface area contributed by atoms with Gasteiger partial charge in [0.15, 0.2) is 0 Å². The third-order valence-electron chi connectivity index (χ3n) is 1.83. The monoisotopic (exact) mass is 264 g/mol. The molecule has 0 radical (unpaired) electrons. The highest BCUT2D eigenvalue weighted by atomic mass is 79.9. The summed E-state index contributed by atoms with van der Waals surface area (Å²) in [5, 5.41) is 0. The lowest BCUT2D eigenvalue weighted by atomic mass is 10.0. The van der Waals surface area contributed by atoms with Gasteiger partial charge < -0.3 is 0 Å². The Balaban J connectivity index is 2.73. The standard InChI is InChI=1S/C10H11BrClF/c1-7(6-12)4-8-2-3-10(13)9(11)5-8/h2-3,5,7H,4,6H2,1H3. The number of hydrogen-bond donors (Lipinski definition) is 0. The molecule has 0 aliphatic carbocycles. The number of rotatable bonds is 3. The van der Waals surface area contributed by atoms with Gasteiger partial charge in [-0.3, -0.25) is 0 Å². The Labute approximate surface area is 91.2 Å². The Kier molecular flexibility index (Phi) is 4.20. The molecule has 72 valence electrons. The number of hydrogen-bond acceptors (Lipinski definition) is 0. The second kappa shape index (κ2) is 4.97. The summed E-state index contributed by atoms with van der Waals surface area (Å²) in [7, 11) is 0. The minimum Gasteiger partial charge on any atom is -0.206 e. The maximum atomic E-state index is 12.8. The number of halogens is 3. The number of benzene rings is 1. The molecule has 0 N–H and O–H groups in total. The molecule has 0 spiro atoms. The summed E-state index contributed by atoms with van der Waals surface area (Å²) in [5.41, 5.74) is 1.11. The van der Waals surface area contributed by atoms with Gasteiger partial charge in [0.1, 0.15) is 5.82 Å². The molecule has 1 unspecified atom stereocenters. The second-order valence-electron chi connectivity index (χ2n) is 3.21. The topological polar surface area (TPSA) is 0 Å². The Bertz CT molecular complexity index is 288. The first-order valence-corrected chi connectivity index (χ1v) is 5.46. The minimum atomic E-state index is -0.220. The predicted molar refractivity (Wildman–Crippen MR) is 57.7 cm³/mol. The van der Waals surface area contributed by atoms with Crippen LogP contribution in [-0.4, -0.2) is 5.88 Å². The van der Waals surface area contributed by atoms with Crippen molar-refractivity contribution in [3.63, 3.8) is 0 Å². The summed E-state index contributed by atoms with van der Waals surface area (Å²) in [6.45, 7) is 2.07. The van der Waals surface area contributed by atoms with Crippen LogP contribution < -0.4 is 0 Å². The van der Waals surface area contributed by atoms with Crippen LogP contribution in [0, 0.1) is 11.7 Å². The van der Waals surface area contributed by atoms with Gasteiger partial charge >= 0.3 is 0 Å². The smallest absolute Gasteiger partial charge is 0.137 e. The molecule has 0 fully saturated rings. The van der Waals surface area contributed by atoms with Crippen molar-refractivity contribution in [3.05, 3.63) is 34.1 Å². The van der Waals surface area contributed by atoms with E-state index in [2.05, 4.69) is 22.9 Å². The molecule has 13 heavy (non-hydrogen) atoms. The molecule has 0 saturated heterocycles. The largest absolute Gasteiger partial charge is 0.206 e. The van der Waals surface area contributed by atoms with Crippen molar-refractivity contribution in [1.82, 2.24) is 0 Å². The molecular formula is C10H11BrClF. The quantitative estimate of drug-likeness (QED) is 0.725. The average molecular weight is 266 g/mol. The lowest BCUT2D eigenvalue weighted by molar-refractivity contribution is 0.615. The van der Waals surface area contributed by atoms with Gasteiger partial charge in [-0.25, -0.2) is 4.39 Å². The molecule has 1 aromatic rings. The molecule has 0 saturated carbocycles. The van der Waals surface area contributed by atoms with E-state index in [1.54, 1.807) is 12.1 Å². The SMILES string of the molecule is CC(CCl)Cc1ccc(F)c(Br)c1. The second-order valence-corrected chi connectivity index (χ2v) is 4.38. The van der Waals surface area contributed by atoms with Crippen LogP contribution in [0.3, 0.4) is 0 Å². The average Bonchev–Trinajstić information content (AvgIpc) is 2.11. The van der Waals surface area contributed by atoms with Crippen LogP contribution >= 0.6 is 27.5 Å². The van der Waals surface area contributed by atoms with E-state index in [0.717, 1.165) is 12.0 Å². The van der Waals surface area contributed by atoms with Crippen molar-refractivity contribution in [2.45, 2.75) is 13.3 Å². The zero-order chi connectivity index (χ0) is 9.84. The van der Waals surface area contributed by atoms with Crippen LogP contribution in [0.4, 0.5) is 4.39 Å². The normalized spacial score (nSPS) is 12.9. The maximum absolute atomic E-state index is 12.8. The van der Waals surface area contributed by atoms with Crippen LogP contribution in [-0.2, 0) is 6.42 Å². The summed E-state index contributed by atoms with van der Waals surface area (Å²) >= 11 is 8.84. The van der Waals surface area contributed by atoms with Crippen LogP contribution in [0.5, 0.6) is 0 Å². The van der Waals surface area contributed by atoms with E-state index in [1.165, 1.54) is 6.07 Å². The van der Waals surface area contributed by atoms with Crippen molar-refractivity contribution >= 4 is 27.5 Å². The fourth-order valence-electron chi connectivity index (χ4n) is 1.12. The zero-order valence-corrected chi connectivity index (χ0v) is 9.70. The lowest BCUT2D eigenvalue weighted by Crippen LogP contribution is -2.00. The van der Waals surface area contributed by atoms with Gasteiger partial charge in [0.05, 0.1) is 4.47 Å². The highest BCUT2D eigenvalue weighted by Gasteiger charge is 2.04. The Morgan fingerprint density at radius 2 is 2.23 bits per heavy atom. The van der Waals surface area contributed by atoms with Crippen LogP contribution in [0.25, 0.3) is 0 Å². The zero-order valence-electron chi connectivity index (χ0n) is 7.36. The van der Waals surface area contributed by atoms with E-state index >= 15 is 0 Å². The van der Waals surface area contributed by atoms with Crippen molar-refractivity contribution in [1.29, 1.82) is 0 Å². The van der Waals surface area contributed by atoms with Crippen molar-refractivity contribution in [2.24, 2.45) is 5.92 Å². The van der Waals surface area contributed by atoms with E-state index in [9.17, 15) is 4.39 Å². The van der Waals surface area contributed by atoms with Gasteiger partial charge in [0, 0.05) is 5.88 Å². The molecular weight excluding hydrogens is 254 g/mol. The molecule has 0 aliphatic heterocycles. The molecule has 0 heterocycles. The summed E-state index contributed by atoms with van der Waals surface area (Å²) < 4.78 is 13.4. The molecule has 1 aromatic carbocycles. The molecule has 0 aliphatic rings. The Morgan fingerprint density at radius 3 is 2.77 bits per heavy atom.